The van der Waals surface area contributed by atoms with Gasteiger partial charge in [0.05, 0.1) is 11.7 Å². The molecule has 2 heterocycles. The molecule has 94 valence electrons. The van der Waals surface area contributed by atoms with Gasteiger partial charge in [-0.15, -0.1) is 0 Å². The van der Waals surface area contributed by atoms with Crippen molar-refractivity contribution in [2.45, 2.75) is 32.5 Å². The number of anilines is 1. The monoisotopic (exact) mass is 235 g/mol. The van der Waals surface area contributed by atoms with E-state index in [2.05, 4.69) is 36.7 Å². The van der Waals surface area contributed by atoms with Crippen LogP contribution in [-0.2, 0) is 4.74 Å². The lowest BCUT2D eigenvalue weighted by Crippen LogP contribution is -2.55. The summed E-state index contributed by atoms with van der Waals surface area (Å²) in [7, 11) is 0. The lowest BCUT2D eigenvalue weighted by Gasteiger charge is -2.43. The number of hydrogen-bond acceptors (Lipinski definition) is 4. The number of pyridine rings is 1. The van der Waals surface area contributed by atoms with E-state index in [-0.39, 0.29) is 11.7 Å². The normalized spacial score (nSPS) is 23.8. The molecule has 1 aliphatic rings. The average molecular weight is 235 g/mol. The van der Waals surface area contributed by atoms with Crippen LogP contribution >= 0.6 is 0 Å². The summed E-state index contributed by atoms with van der Waals surface area (Å²) in [5.41, 5.74) is 6.78. The van der Waals surface area contributed by atoms with Gasteiger partial charge in [0, 0.05) is 25.8 Å². The summed E-state index contributed by atoms with van der Waals surface area (Å²) in [5.74, 6) is 1.01. The standard InChI is InChI=1S/C13H21N3O/c1-10-4-5-15-12(6-10)16-8-11(7-14)17-13(2,3)9-16/h4-6,11H,7-9,14H2,1-3H3. The molecular weight excluding hydrogens is 214 g/mol. The number of rotatable bonds is 2. The van der Waals surface area contributed by atoms with Gasteiger partial charge in [0.15, 0.2) is 0 Å². The van der Waals surface area contributed by atoms with Crippen LogP contribution in [0.3, 0.4) is 0 Å². The molecule has 0 bridgehead atoms. The second-order valence-corrected chi connectivity index (χ2v) is 5.31. The maximum atomic E-state index is 5.91. The summed E-state index contributed by atoms with van der Waals surface area (Å²) in [4.78, 5) is 6.69. The van der Waals surface area contributed by atoms with Crippen LogP contribution in [0.5, 0.6) is 0 Å². The molecule has 0 amide bonds. The molecule has 2 N–H and O–H groups in total. The summed E-state index contributed by atoms with van der Waals surface area (Å²) in [5, 5.41) is 0. The lowest BCUT2D eigenvalue weighted by molar-refractivity contribution is -0.0790. The van der Waals surface area contributed by atoms with Gasteiger partial charge in [0.25, 0.3) is 0 Å². The molecule has 0 aliphatic carbocycles. The van der Waals surface area contributed by atoms with Crippen LogP contribution in [-0.4, -0.2) is 36.3 Å². The van der Waals surface area contributed by atoms with E-state index in [0.29, 0.717) is 6.54 Å². The van der Waals surface area contributed by atoms with E-state index in [0.717, 1.165) is 18.9 Å². The van der Waals surface area contributed by atoms with Gasteiger partial charge in [-0.1, -0.05) is 0 Å². The highest BCUT2D eigenvalue weighted by molar-refractivity contribution is 5.41. The fourth-order valence-corrected chi connectivity index (χ4v) is 2.29. The quantitative estimate of drug-likeness (QED) is 0.840. The number of aromatic nitrogens is 1. The highest BCUT2D eigenvalue weighted by atomic mass is 16.5. The molecule has 0 saturated carbocycles. The van der Waals surface area contributed by atoms with Gasteiger partial charge < -0.3 is 15.4 Å². The van der Waals surface area contributed by atoms with Gasteiger partial charge in [-0.05, 0) is 38.5 Å². The molecule has 1 aromatic heterocycles. The van der Waals surface area contributed by atoms with E-state index in [4.69, 9.17) is 10.5 Å². The Bertz CT molecular complexity index is 392. The fourth-order valence-electron chi connectivity index (χ4n) is 2.29. The first-order chi connectivity index (χ1) is 8.00. The van der Waals surface area contributed by atoms with Crippen molar-refractivity contribution in [3.63, 3.8) is 0 Å². The van der Waals surface area contributed by atoms with E-state index in [9.17, 15) is 0 Å². The van der Waals surface area contributed by atoms with Gasteiger partial charge in [-0.25, -0.2) is 4.98 Å². The van der Waals surface area contributed by atoms with Crippen LogP contribution in [0.1, 0.15) is 19.4 Å². The van der Waals surface area contributed by atoms with Crippen LogP contribution in [0, 0.1) is 6.92 Å². The van der Waals surface area contributed by atoms with Crippen molar-refractivity contribution < 1.29 is 4.74 Å². The number of aryl methyl sites for hydroxylation is 1. The Balaban J connectivity index is 2.20. The molecule has 1 saturated heterocycles. The Morgan fingerprint density at radius 2 is 2.35 bits per heavy atom. The summed E-state index contributed by atoms with van der Waals surface area (Å²) < 4.78 is 5.91. The third kappa shape index (κ3) is 2.96. The molecule has 1 aliphatic heterocycles. The van der Waals surface area contributed by atoms with Crippen LogP contribution in [0.2, 0.25) is 0 Å². The molecule has 2 rings (SSSR count). The fraction of sp³-hybridized carbons (Fsp3) is 0.615. The van der Waals surface area contributed by atoms with Gasteiger partial charge in [0.2, 0.25) is 0 Å². The van der Waals surface area contributed by atoms with Crippen LogP contribution < -0.4 is 10.6 Å². The van der Waals surface area contributed by atoms with Gasteiger partial charge in [0.1, 0.15) is 5.82 Å². The van der Waals surface area contributed by atoms with Crippen LogP contribution in [0.4, 0.5) is 5.82 Å². The third-order valence-electron chi connectivity index (χ3n) is 2.97. The van der Waals surface area contributed by atoms with E-state index in [1.807, 2.05) is 12.3 Å². The molecule has 4 heteroatoms. The smallest absolute Gasteiger partial charge is 0.128 e. The van der Waals surface area contributed by atoms with E-state index in [1.54, 1.807) is 0 Å². The minimum atomic E-state index is -0.173. The molecule has 17 heavy (non-hydrogen) atoms. The topological polar surface area (TPSA) is 51.4 Å². The molecule has 4 nitrogen and oxygen atoms in total. The van der Waals surface area contributed by atoms with Gasteiger partial charge >= 0.3 is 0 Å². The number of ether oxygens (including phenoxy) is 1. The molecule has 1 fully saturated rings. The van der Waals surface area contributed by atoms with Crippen molar-refractivity contribution in [1.29, 1.82) is 0 Å². The third-order valence-corrected chi connectivity index (χ3v) is 2.97. The summed E-state index contributed by atoms with van der Waals surface area (Å²) in [6.45, 7) is 8.48. The Labute approximate surface area is 103 Å². The molecule has 0 aromatic carbocycles. The molecular formula is C13H21N3O. The van der Waals surface area contributed by atoms with E-state index >= 15 is 0 Å². The Morgan fingerprint density at radius 1 is 1.59 bits per heavy atom. The number of nitrogens with zero attached hydrogens (tertiary/aromatic N) is 2. The largest absolute Gasteiger partial charge is 0.367 e. The molecule has 1 aromatic rings. The van der Waals surface area contributed by atoms with Crippen molar-refractivity contribution in [2.24, 2.45) is 5.73 Å². The van der Waals surface area contributed by atoms with Crippen molar-refractivity contribution >= 4 is 5.82 Å². The molecule has 1 atom stereocenters. The molecule has 0 radical (unpaired) electrons. The minimum absolute atomic E-state index is 0.0843. The van der Waals surface area contributed by atoms with E-state index in [1.165, 1.54) is 5.56 Å². The second-order valence-electron chi connectivity index (χ2n) is 5.31. The zero-order valence-electron chi connectivity index (χ0n) is 10.8. The first kappa shape index (κ1) is 12.3. The van der Waals surface area contributed by atoms with Crippen molar-refractivity contribution in [3.05, 3.63) is 23.9 Å². The second kappa shape index (κ2) is 4.63. The minimum Gasteiger partial charge on any atom is -0.367 e. The van der Waals surface area contributed by atoms with Gasteiger partial charge in [-0.2, -0.15) is 0 Å². The number of hydrogen-bond donors (Lipinski definition) is 1. The van der Waals surface area contributed by atoms with Gasteiger partial charge in [-0.3, -0.25) is 0 Å². The van der Waals surface area contributed by atoms with Crippen molar-refractivity contribution in [2.75, 3.05) is 24.5 Å². The summed E-state index contributed by atoms with van der Waals surface area (Å²) in [6.07, 6.45) is 1.94. The lowest BCUT2D eigenvalue weighted by atomic mass is 10.0. The molecule has 0 spiro atoms. The first-order valence-electron chi connectivity index (χ1n) is 6.06. The Kier molecular flexibility index (Phi) is 3.35. The summed E-state index contributed by atoms with van der Waals surface area (Å²) >= 11 is 0. The molecule has 1 unspecified atom stereocenters. The maximum Gasteiger partial charge on any atom is 0.128 e. The van der Waals surface area contributed by atoms with Crippen LogP contribution in [0.25, 0.3) is 0 Å². The van der Waals surface area contributed by atoms with Crippen LogP contribution in [0.15, 0.2) is 18.3 Å². The SMILES string of the molecule is Cc1ccnc(N2CC(CN)OC(C)(C)C2)c1. The van der Waals surface area contributed by atoms with Crippen molar-refractivity contribution in [3.8, 4) is 0 Å². The predicted molar refractivity (Wildman–Crippen MR) is 69.2 cm³/mol. The maximum absolute atomic E-state index is 5.91. The number of morpholine rings is 1. The first-order valence-corrected chi connectivity index (χ1v) is 6.06. The zero-order valence-corrected chi connectivity index (χ0v) is 10.8. The predicted octanol–water partition coefficient (Wildman–Crippen LogP) is 1.33. The van der Waals surface area contributed by atoms with E-state index < -0.39 is 0 Å². The van der Waals surface area contributed by atoms with Crippen molar-refractivity contribution in [1.82, 2.24) is 4.98 Å². The average Bonchev–Trinajstić information content (AvgIpc) is 2.27. The number of nitrogens with two attached hydrogens (primary N) is 1. The Morgan fingerprint density at radius 3 is 3.00 bits per heavy atom. The Hall–Kier alpha value is -1.13. The summed E-state index contributed by atoms with van der Waals surface area (Å²) in [6, 6.07) is 4.12. The zero-order chi connectivity index (χ0) is 12.5. The highest BCUT2D eigenvalue weighted by Gasteiger charge is 2.33. The highest BCUT2D eigenvalue weighted by Crippen LogP contribution is 2.24.